The number of benzene rings is 2. The van der Waals surface area contributed by atoms with Gasteiger partial charge in [0.05, 0.1) is 16.9 Å². The fourth-order valence-electron chi connectivity index (χ4n) is 2.89. The Morgan fingerprint density at radius 3 is 2.96 bits per heavy atom. The van der Waals surface area contributed by atoms with Crippen LogP contribution in [0.2, 0.25) is 5.02 Å². The monoisotopic (exact) mass is 355 g/mol. The Kier molecular flexibility index (Phi) is 3.89. The van der Waals surface area contributed by atoms with Crippen molar-refractivity contribution in [3.8, 4) is 11.5 Å². The van der Waals surface area contributed by atoms with E-state index < -0.39 is 0 Å². The molecule has 0 saturated heterocycles. The lowest BCUT2D eigenvalue weighted by Gasteiger charge is -2.12. The fraction of sp³-hybridized carbons (Fsp3) is 0.167. The summed E-state index contributed by atoms with van der Waals surface area (Å²) in [5, 5.41) is 8.66. The van der Waals surface area contributed by atoms with Crippen LogP contribution in [0.4, 0.5) is 5.69 Å². The molecule has 2 aromatic rings. The molecule has 0 radical (unpaired) electrons. The van der Waals surface area contributed by atoms with E-state index in [4.69, 9.17) is 21.1 Å². The first-order valence-corrected chi connectivity index (χ1v) is 8.18. The second-order valence-electron chi connectivity index (χ2n) is 5.50. The average molecular weight is 356 g/mol. The summed E-state index contributed by atoms with van der Waals surface area (Å²) in [4.78, 5) is 14.2. The van der Waals surface area contributed by atoms with E-state index in [2.05, 4.69) is 10.2 Å². The van der Waals surface area contributed by atoms with E-state index in [0.717, 1.165) is 11.3 Å². The second-order valence-corrected chi connectivity index (χ2v) is 5.90. The highest BCUT2D eigenvalue weighted by Gasteiger charge is 2.32. The molecule has 2 aliphatic rings. The van der Waals surface area contributed by atoms with Gasteiger partial charge in [-0.2, -0.15) is 5.10 Å². The molecular weight excluding hydrogens is 342 g/mol. The van der Waals surface area contributed by atoms with Crippen LogP contribution in [-0.2, 0) is 4.79 Å². The minimum absolute atomic E-state index is 0.149. The van der Waals surface area contributed by atoms with Crippen molar-refractivity contribution in [1.82, 2.24) is 0 Å². The molecule has 2 heterocycles. The number of halogens is 1. The number of ether oxygens (including phenoxy) is 2. The van der Waals surface area contributed by atoms with Gasteiger partial charge in [-0.25, -0.2) is 0 Å². The van der Waals surface area contributed by atoms with Crippen LogP contribution >= 0.6 is 11.6 Å². The van der Waals surface area contributed by atoms with Crippen LogP contribution in [0.1, 0.15) is 18.1 Å². The summed E-state index contributed by atoms with van der Waals surface area (Å²) < 4.78 is 10.6. The number of carbonyl (C=O) groups excluding carboxylic acids is 1. The van der Waals surface area contributed by atoms with Crippen LogP contribution in [0.15, 0.2) is 46.6 Å². The van der Waals surface area contributed by atoms with Gasteiger partial charge in [0.25, 0.3) is 5.91 Å². The van der Waals surface area contributed by atoms with Crippen LogP contribution in [0, 0.1) is 0 Å². The van der Waals surface area contributed by atoms with E-state index in [1.807, 2.05) is 31.2 Å². The Morgan fingerprint density at radius 1 is 1.28 bits per heavy atom. The Balaban J connectivity index is 1.65. The van der Waals surface area contributed by atoms with E-state index in [1.54, 1.807) is 17.0 Å². The molecule has 126 valence electrons. The summed E-state index contributed by atoms with van der Waals surface area (Å²) in [6, 6.07) is 11.0. The van der Waals surface area contributed by atoms with Gasteiger partial charge in [-0.05, 0) is 25.1 Å². The number of carbonyl (C=O) groups is 1. The maximum Gasteiger partial charge on any atom is 0.279 e. The molecule has 0 aliphatic carbocycles. The molecule has 2 aliphatic heterocycles. The highest BCUT2D eigenvalue weighted by molar-refractivity contribution is 6.54. The Morgan fingerprint density at radius 2 is 2.12 bits per heavy atom. The van der Waals surface area contributed by atoms with E-state index in [1.165, 1.54) is 6.21 Å². The van der Waals surface area contributed by atoms with Gasteiger partial charge in [0.2, 0.25) is 6.79 Å². The number of para-hydroxylation sites is 1. The summed E-state index contributed by atoms with van der Waals surface area (Å²) >= 11 is 6.15. The Bertz CT molecular complexity index is 924. The van der Waals surface area contributed by atoms with Gasteiger partial charge in [-0.3, -0.25) is 4.79 Å². The Labute approximate surface area is 149 Å². The van der Waals surface area contributed by atoms with Crippen molar-refractivity contribution in [3.63, 3.8) is 0 Å². The third-order valence-electron chi connectivity index (χ3n) is 4.03. The molecule has 0 N–H and O–H groups in total. The smallest absolute Gasteiger partial charge is 0.279 e. The number of amides is 1. The topological polar surface area (TPSA) is 63.5 Å². The van der Waals surface area contributed by atoms with Crippen LogP contribution in [0.25, 0.3) is 0 Å². The molecule has 7 heteroatoms. The van der Waals surface area contributed by atoms with Gasteiger partial charge in [-0.1, -0.05) is 29.8 Å². The quantitative estimate of drug-likeness (QED) is 0.627. The van der Waals surface area contributed by atoms with Crippen molar-refractivity contribution < 1.29 is 14.3 Å². The lowest BCUT2D eigenvalue weighted by molar-refractivity contribution is -0.112. The van der Waals surface area contributed by atoms with Gasteiger partial charge in [-0.15, -0.1) is 5.10 Å². The Hall–Kier alpha value is -2.86. The molecule has 6 nitrogen and oxygen atoms in total. The molecule has 0 spiro atoms. The van der Waals surface area contributed by atoms with Gasteiger partial charge in [0, 0.05) is 17.7 Å². The molecule has 2 aromatic carbocycles. The molecule has 25 heavy (non-hydrogen) atoms. The number of rotatable bonds is 3. The van der Waals surface area contributed by atoms with Gasteiger partial charge < -0.3 is 14.4 Å². The molecule has 0 unspecified atom stereocenters. The van der Waals surface area contributed by atoms with Crippen molar-refractivity contribution in [2.24, 2.45) is 10.2 Å². The van der Waals surface area contributed by atoms with Crippen molar-refractivity contribution in [2.75, 3.05) is 18.2 Å². The lowest BCUT2D eigenvalue weighted by Crippen LogP contribution is -2.29. The summed E-state index contributed by atoms with van der Waals surface area (Å²) in [6.45, 7) is 2.65. The molecule has 0 saturated carbocycles. The van der Waals surface area contributed by atoms with Crippen LogP contribution < -0.4 is 14.4 Å². The zero-order valence-electron chi connectivity index (χ0n) is 13.4. The minimum atomic E-state index is -0.149. The molecular formula is C18H14ClN3O3. The maximum absolute atomic E-state index is 12.5. The fourth-order valence-corrected chi connectivity index (χ4v) is 3.16. The number of fused-ring (bicyclic) bond motifs is 2. The van der Waals surface area contributed by atoms with Gasteiger partial charge in [0.15, 0.2) is 17.2 Å². The third-order valence-corrected chi connectivity index (χ3v) is 4.31. The molecule has 1 amide bonds. The van der Waals surface area contributed by atoms with E-state index in [-0.39, 0.29) is 12.7 Å². The van der Waals surface area contributed by atoms with Crippen LogP contribution in [0.3, 0.4) is 0 Å². The summed E-state index contributed by atoms with van der Waals surface area (Å²) in [6.07, 6.45) is 1.53. The lowest BCUT2D eigenvalue weighted by atomic mass is 10.1. The average Bonchev–Trinajstić information content (AvgIpc) is 3.18. The third kappa shape index (κ3) is 2.64. The minimum Gasteiger partial charge on any atom is -0.454 e. The number of anilines is 1. The highest BCUT2D eigenvalue weighted by atomic mass is 35.5. The predicted molar refractivity (Wildman–Crippen MR) is 96.2 cm³/mol. The number of likely N-dealkylation sites (N-methyl/N-ethyl adjacent to an activating group) is 1. The molecule has 0 atom stereocenters. The summed E-state index contributed by atoms with van der Waals surface area (Å²) in [5.41, 5.74) is 2.69. The van der Waals surface area contributed by atoms with Crippen molar-refractivity contribution in [3.05, 3.63) is 52.5 Å². The van der Waals surface area contributed by atoms with Crippen molar-refractivity contribution >= 4 is 35.1 Å². The number of hydrogen-bond donors (Lipinski definition) is 0. The van der Waals surface area contributed by atoms with Gasteiger partial charge >= 0.3 is 0 Å². The normalized spacial score (nSPS) is 17.0. The predicted octanol–water partition coefficient (Wildman–Crippen LogP) is 3.26. The van der Waals surface area contributed by atoms with E-state index in [0.29, 0.717) is 34.3 Å². The van der Waals surface area contributed by atoms with Crippen molar-refractivity contribution in [1.29, 1.82) is 0 Å². The molecule has 0 aromatic heterocycles. The zero-order valence-corrected chi connectivity index (χ0v) is 14.2. The first-order valence-electron chi connectivity index (χ1n) is 7.80. The standard InChI is InChI=1S/C18H14ClN3O3/c1-2-22-14-6-4-3-5-12(14)16(18(22)23)21-20-9-11-7-13(19)17-15(8-11)24-10-25-17/h3-9H,2,10H2,1H3/b20-9-,21-16+. The summed E-state index contributed by atoms with van der Waals surface area (Å²) in [5.74, 6) is 0.953. The van der Waals surface area contributed by atoms with Crippen molar-refractivity contribution in [2.45, 2.75) is 6.92 Å². The summed E-state index contributed by atoms with van der Waals surface area (Å²) in [7, 11) is 0. The molecule has 0 fully saturated rings. The number of nitrogens with zero attached hydrogens (tertiary/aromatic N) is 3. The first kappa shape index (κ1) is 15.7. The first-order chi connectivity index (χ1) is 12.2. The SMILES string of the molecule is CCN1C(=O)/C(=N/N=C\c2cc(Cl)c3c(c2)OCO3)c2ccccc21. The highest BCUT2D eigenvalue weighted by Crippen LogP contribution is 2.39. The van der Waals surface area contributed by atoms with Crippen LogP contribution in [-0.4, -0.2) is 31.2 Å². The van der Waals surface area contributed by atoms with Crippen LogP contribution in [0.5, 0.6) is 11.5 Å². The van der Waals surface area contributed by atoms with Gasteiger partial charge in [0.1, 0.15) is 0 Å². The second kappa shape index (κ2) is 6.22. The molecule has 4 rings (SSSR count). The largest absolute Gasteiger partial charge is 0.454 e. The zero-order chi connectivity index (χ0) is 17.4. The molecule has 0 bridgehead atoms. The maximum atomic E-state index is 12.5. The van der Waals surface area contributed by atoms with E-state index >= 15 is 0 Å². The van der Waals surface area contributed by atoms with E-state index in [9.17, 15) is 4.79 Å². The number of hydrogen-bond acceptors (Lipinski definition) is 5.